The first-order chi connectivity index (χ1) is 20.9. The van der Waals surface area contributed by atoms with Gasteiger partial charge in [-0.2, -0.15) is 0 Å². The molecular formula is C33H41N5O4S. The van der Waals surface area contributed by atoms with Crippen LogP contribution >= 0.6 is 11.8 Å². The number of carbonyl (C=O) groups is 2. The van der Waals surface area contributed by atoms with Crippen LogP contribution in [0.15, 0.2) is 53.7 Å². The van der Waals surface area contributed by atoms with Gasteiger partial charge in [0.15, 0.2) is 5.16 Å². The monoisotopic (exact) mass is 603 g/mol. The summed E-state index contributed by atoms with van der Waals surface area (Å²) in [7, 11) is 1.69. The first-order valence-corrected chi connectivity index (χ1v) is 16.0. The summed E-state index contributed by atoms with van der Waals surface area (Å²) in [6, 6.07) is 16.0. The molecule has 1 amide bonds. The van der Waals surface area contributed by atoms with Gasteiger partial charge in [-0.05, 0) is 75.6 Å². The van der Waals surface area contributed by atoms with Crippen LogP contribution in [0.1, 0.15) is 46.9 Å². The number of likely N-dealkylation sites (tertiary alicyclic amines) is 1. The van der Waals surface area contributed by atoms with Gasteiger partial charge >= 0.3 is 5.97 Å². The number of thioether (sulfide) groups is 1. The molecule has 2 aromatic carbocycles. The highest BCUT2D eigenvalue weighted by Crippen LogP contribution is 2.28. The molecule has 2 aliphatic rings. The van der Waals surface area contributed by atoms with Crippen molar-refractivity contribution in [2.75, 3.05) is 62.8 Å². The molecule has 3 aromatic rings. The van der Waals surface area contributed by atoms with E-state index in [1.807, 2.05) is 43.3 Å². The van der Waals surface area contributed by atoms with Crippen molar-refractivity contribution in [2.24, 2.45) is 5.92 Å². The summed E-state index contributed by atoms with van der Waals surface area (Å²) in [6.45, 7) is 11.0. The fourth-order valence-corrected chi connectivity index (χ4v) is 6.46. The van der Waals surface area contributed by atoms with Crippen LogP contribution in [-0.4, -0.2) is 79.7 Å². The van der Waals surface area contributed by atoms with Gasteiger partial charge in [-0.3, -0.25) is 9.59 Å². The average molecular weight is 604 g/mol. The second-order valence-corrected chi connectivity index (χ2v) is 12.0. The van der Waals surface area contributed by atoms with Crippen molar-refractivity contribution in [2.45, 2.75) is 44.5 Å². The number of anilines is 2. The normalized spacial score (nSPS) is 17.1. The highest BCUT2D eigenvalue weighted by Gasteiger charge is 2.30. The van der Waals surface area contributed by atoms with E-state index in [0.29, 0.717) is 31.0 Å². The number of aryl methyl sites for hydroxylation is 1. The Morgan fingerprint density at radius 2 is 1.63 bits per heavy atom. The van der Waals surface area contributed by atoms with Crippen LogP contribution in [0.5, 0.6) is 5.75 Å². The Bertz CT molecular complexity index is 1410. The van der Waals surface area contributed by atoms with E-state index in [1.54, 1.807) is 30.7 Å². The third kappa shape index (κ3) is 7.41. The Balaban J connectivity index is 1.17. The molecule has 1 atom stereocenters. The highest BCUT2D eigenvalue weighted by molar-refractivity contribution is 7.98. The summed E-state index contributed by atoms with van der Waals surface area (Å²) >= 11 is 1.61. The zero-order valence-corrected chi connectivity index (χ0v) is 26.4. The number of nitrogens with zero attached hydrogens (tertiary/aromatic N) is 5. The van der Waals surface area contributed by atoms with E-state index in [1.165, 1.54) is 5.69 Å². The first kappa shape index (κ1) is 30.7. The zero-order chi connectivity index (χ0) is 30.3. The first-order valence-electron chi connectivity index (χ1n) is 15.0. The molecule has 1 aromatic heterocycles. The van der Waals surface area contributed by atoms with E-state index < -0.39 is 0 Å². The molecule has 43 heavy (non-hydrogen) atoms. The van der Waals surface area contributed by atoms with Crippen LogP contribution in [0.4, 0.5) is 11.5 Å². The lowest BCUT2D eigenvalue weighted by Crippen LogP contribution is -2.47. The Morgan fingerprint density at radius 3 is 2.30 bits per heavy atom. The minimum atomic E-state index is -0.242. The molecule has 9 nitrogen and oxygen atoms in total. The largest absolute Gasteiger partial charge is 0.497 e. The smallest absolute Gasteiger partial charge is 0.310 e. The zero-order valence-electron chi connectivity index (χ0n) is 25.5. The molecule has 0 bridgehead atoms. The molecule has 5 rings (SSSR count). The van der Waals surface area contributed by atoms with Gasteiger partial charge in [0.05, 0.1) is 19.6 Å². The van der Waals surface area contributed by atoms with Crippen molar-refractivity contribution in [3.63, 3.8) is 0 Å². The second-order valence-electron chi connectivity index (χ2n) is 11.0. The second kappa shape index (κ2) is 14.1. The van der Waals surface area contributed by atoms with E-state index >= 15 is 0 Å². The Morgan fingerprint density at radius 1 is 0.930 bits per heavy atom. The number of hydrogen-bond donors (Lipinski definition) is 0. The summed E-state index contributed by atoms with van der Waals surface area (Å²) < 4.78 is 10.5. The minimum Gasteiger partial charge on any atom is -0.497 e. The third-order valence-electron chi connectivity index (χ3n) is 8.26. The number of piperazine rings is 1. The Hall–Kier alpha value is -3.79. The van der Waals surface area contributed by atoms with Crippen LogP contribution in [0.3, 0.4) is 0 Å². The molecule has 228 valence electrons. The molecule has 2 aliphatic heterocycles. The maximum Gasteiger partial charge on any atom is 0.310 e. The van der Waals surface area contributed by atoms with Gasteiger partial charge in [0.1, 0.15) is 11.6 Å². The SMILES string of the molecule is CCOC(=O)[C@H]1CCCN(C(=O)c2ccc(CSc3nc(C)c(C)c(N4CCN(c5ccc(OC)cc5)CC4)n3)cc2)C1. The number of piperidine rings is 1. The van der Waals surface area contributed by atoms with Gasteiger partial charge < -0.3 is 24.2 Å². The molecule has 0 radical (unpaired) electrons. The molecule has 0 N–H and O–H groups in total. The molecule has 0 aliphatic carbocycles. The van der Waals surface area contributed by atoms with E-state index in [0.717, 1.165) is 72.6 Å². The molecule has 2 fully saturated rings. The van der Waals surface area contributed by atoms with Gasteiger partial charge in [-0.1, -0.05) is 23.9 Å². The lowest BCUT2D eigenvalue weighted by atomic mass is 9.97. The summed E-state index contributed by atoms with van der Waals surface area (Å²) in [4.78, 5) is 41.6. The minimum absolute atomic E-state index is 0.0394. The number of aromatic nitrogens is 2. The van der Waals surface area contributed by atoms with Gasteiger partial charge in [0.2, 0.25) is 0 Å². The summed E-state index contributed by atoms with van der Waals surface area (Å²) in [5, 5.41) is 0.758. The number of hydrogen-bond acceptors (Lipinski definition) is 9. The van der Waals surface area contributed by atoms with Crippen molar-refractivity contribution >= 4 is 35.1 Å². The number of carbonyl (C=O) groups excluding carboxylic acids is 2. The van der Waals surface area contributed by atoms with Crippen molar-refractivity contribution < 1.29 is 19.1 Å². The Kier molecular flexibility index (Phi) is 10.1. The third-order valence-corrected chi connectivity index (χ3v) is 9.18. The van der Waals surface area contributed by atoms with Crippen molar-refractivity contribution in [1.29, 1.82) is 0 Å². The molecular weight excluding hydrogens is 562 g/mol. The number of ether oxygens (including phenoxy) is 2. The maximum atomic E-state index is 13.1. The van der Waals surface area contributed by atoms with Crippen molar-refractivity contribution in [1.82, 2.24) is 14.9 Å². The van der Waals surface area contributed by atoms with Crippen LogP contribution in [0.2, 0.25) is 0 Å². The molecule has 0 saturated carbocycles. The van der Waals surface area contributed by atoms with Crippen LogP contribution in [0, 0.1) is 19.8 Å². The number of rotatable bonds is 9. The van der Waals surface area contributed by atoms with Crippen LogP contribution in [0.25, 0.3) is 0 Å². The average Bonchev–Trinajstić information content (AvgIpc) is 3.05. The lowest BCUT2D eigenvalue weighted by Gasteiger charge is -2.37. The predicted molar refractivity (Wildman–Crippen MR) is 170 cm³/mol. The summed E-state index contributed by atoms with van der Waals surface area (Å²) in [5.41, 5.74) is 5.05. The van der Waals surface area contributed by atoms with Crippen LogP contribution < -0.4 is 14.5 Å². The Labute approximate surface area is 258 Å². The highest BCUT2D eigenvalue weighted by atomic mass is 32.2. The van der Waals surface area contributed by atoms with Crippen molar-refractivity contribution in [3.8, 4) is 5.75 Å². The summed E-state index contributed by atoms with van der Waals surface area (Å²) in [5.74, 6) is 2.09. The number of amides is 1. The number of benzene rings is 2. The molecule has 0 unspecified atom stereocenters. The lowest BCUT2D eigenvalue weighted by molar-refractivity contribution is -0.149. The van der Waals surface area contributed by atoms with Gasteiger partial charge in [0.25, 0.3) is 5.91 Å². The predicted octanol–water partition coefficient (Wildman–Crippen LogP) is 5.14. The number of methoxy groups -OCH3 is 1. The van der Waals surface area contributed by atoms with E-state index in [2.05, 4.69) is 28.9 Å². The van der Waals surface area contributed by atoms with E-state index in [4.69, 9.17) is 19.4 Å². The number of esters is 1. The van der Waals surface area contributed by atoms with Gasteiger partial charge in [-0.25, -0.2) is 9.97 Å². The fourth-order valence-electron chi connectivity index (χ4n) is 5.62. The topological polar surface area (TPSA) is 88.1 Å². The van der Waals surface area contributed by atoms with E-state index in [-0.39, 0.29) is 17.8 Å². The fraction of sp³-hybridized carbons (Fsp3) is 0.455. The molecule has 10 heteroatoms. The van der Waals surface area contributed by atoms with E-state index in [9.17, 15) is 9.59 Å². The maximum absolute atomic E-state index is 13.1. The molecule has 0 spiro atoms. The van der Waals surface area contributed by atoms with Crippen molar-refractivity contribution in [3.05, 3.63) is 70.9 Å². The molecule has 2 saturated heterocycles. The van der Waals surface area contributed by atoms with Gasteiger partial charge in [0, 0.05) is 67.5 Å². The van der Waals surface area contributed by atoms with Crippen LogP contribution in [-0.2, 0) is 15.3 Å². The summed E-state index contributed by atoms with van der Waals surface area (Å²) in [6.07, 6.45) is 1.57. The quantitative estimate of drug-likeness (QED) is 0.188. The standard InChI is InChI=1S/C33H41N5O4S/c1-5-42-32(40)27-7-6-16-38(21-27)31(39)26-10-8-25(9-11-26)22-43-33-34-24(3)23(2)30(35-33)37-19-17-36(18-20-37)28-12-14-29(41-4)15-13-28/h8-15,27H,5-7,16-22H2,1-4H3/t27-/m0/s1. The molecule has 3 heterocycles. The van der Waals surface area contributed by atoms with Gasteiger partial charge in [-0.15, -0.1) is 0 Å².